The number of phenols is 2. The minimum Gasteiger partial charge on any atom is -0.507 e. The van der Waals surface area contributed by atoms with Crippen LogP contribution < -0.4 is 10.1 Å². The molecule has 2 heterocycles. The third-order valence-corrected chi connectivity index (χ3v) is 7.42. The SMILES string of the molecule is CC(=O)c1c(O)c(C)c(O)c2c1OC1=CC(=O)C(=C(C)Nc3ccc4c(c3)nc(C(F)(F)F)n4CCO)C(=O)[C@@]12C. The summed E-state index contributed by atoms with van der Waals surface area (Å²) in [4.78, 5) is 43.1. The van der Waals surface area contributed by atoms with E-state index in [4.69, 9.17) is 4.74 Å². The number of alkyl halides is 3. The number of hydrogen-bond acceptors (Lipinski definition) is 9. The van der Waals surface area contributed by atoms with Gasteiger partial charge in [-0.15, -0.1) is 0 Å². The molecular weight excluding hydrogens is 547 g/mol. The van der Waals surface area contributed by atoms with Gasteiger partial charge in [-0.1, -0.05) is 0 Å². The van der Waals surface area contributed by atoms with Crippen LogP contribution in [0.25, 0.3) is 11.0 Å². The standard InChI is InChI=1S/C28H24F3N3O7/c1-11-22(38)20(13(3)36)24-21(23(11)39)27(4)18(41-24)10-17(37)19(25(27)40)12(2)32-14-5-6-16-15(9-14)33-26(28(29,30)31)34(16)7-8-35/h5-6,9-10,32,35,38-39H,7-8H2,1-4H3/t27-/m0/s1. The maximum Gasteiger partial charge on any atom is 0.449 e. The Morgan fingerprint density at radius 1 is 1.17 bits per heavy atom. The molecule has 2 aromatic carbocycles. The molecule has 0 saturated heterocycles. The van der Waals surface area contributed by atoms with Crippen molar-refractivity contribution in [2.75, 3.05) is 11.9 Å². The van der Waals surface area contributed by atoms with Crippen molar-refractivity contribution in [3.05, 3.63) is 63.8 Å². The Labute approximate surface area is 230 Å². The number of aromatic hydroxyl groups is 2. The van der Waals surface area contributed by atoms with Crippen molar-refractivity contribution in [1.29, 1.82) is 0 Å². The van der Waals surface area contributed by atoms with E-state index in [-0.39, 0.29) is 62.7 Å². The largest absolute Gasteiger partial charge is 0.507 e. The normalized spacial score (nSPS) is 19.6. The number of carbonyl (C=O) groups excluding carboxylic acids is 3. The van der Waals surface area contributed by atoms with E-state index < -0.39 is 52.9 Å². The van der Waals surface area contributed by atoms with Crippen LogP contribution in [0, 0.1) is 6.92 Å². The molecule has 4 N–H and O–H groups in total. The quantitative estimate of drug-likeness (QED) is 0.202. The Morgan fingerprint density at radius 2 is 1.85 bits per heavy atom. The first kappa shape index (κ1) is 27.9. The molecule has 41 heavy (non-hydrogen) atoms. The zero-order valence-corrected chi connectivity index (χ0v) is 22.2. The van der Waals surface area contributed by atoms with E-state index in [0.29, 0.717) is 0 Å². The zero-order valence-electron chi connectivity index (χ0n) is 22.2. The van der Waals surface area contributed by atoms with Gasteiger partial charge in [0.25, 0.3) is 0 Å². The fraction of sp³-hybridized carbons (Fsp3) is 0.286. The van der Waals surface area contributed by atoms with E-state index in [1.54, 1.807) is 0 Å². The van der Waals surface area contributed by atoms with Gasteiger partial charge in [-0.2, -0.15) is 13.2 Å². The van der Waals surface area contributed by atoms with Crippen molar-refractivity contribution in [1.82, 2.24) is 9.55 Å². The number of rotatable bonds is 5. The summed E-state index contributed by atoms with van der Waals surface area (Å²) >= 11 is 0. The van der Waals surface area contributed by atoms with Gasteiger partial charge in [0.05, 0.1) is 28.8 Å². The summed E-state index contributed by atoms with van der Waals surface area (Å²) in [6.07, 6.45) is -3.70. The molecule has 1 aliphatic heterocycles. The first-order valence-corrected chi connectivity index (χ1v) is 12.4. The smallest absolute Gasteiger partial charge is 0.449 e. The third kappa shape index (κ3) is 3.98. The van der Waals surface area contributed by atoms with Gasteiger partial charge in [0, 0.05) is 29.6 Å². The molecule has 1 atom stereocenters. The molecule has 1 aromatic heterocycles. The summed E-state index contributed by atoms with van der Waals surface area (Å²) in [5.41, 5.74) is -1.97. The van der Waals surface area contributed by atoms with E-state index in [1.165, 1.54) is 45.9 Å². The van der Waals surface area contributed by atoms with Crippen LogP contribution in [-0.4, -0.2) is 48.8 Å². The molecule has 3 aromatic rings. The molecule has 214 valence electrons. The Bertz CT molecular complexity index is 1770. The van der Waals surface area contributed by atoms with Gasteiger partial charge in [-0.05, 0) is 45.9 Å². The topological polar surface area (TPSA) is 151 Å². The molecule has 0 unspecified atom stereocenters. The number of nitrogens with zero attached hydrogens (tertiary/aromatic N) is 2. The number of imidazole rings is 1. The molecular formula is C28H24F3N3O7. The highest BCUT2D eigenvalue weighted by Gasteiger charge is 2.56. The van der Waals surface area contributed by atoms with Crippen LogP contribution in [0.2, 0.25) is 0 Å². The molecule has 2 aliphatic rings. The summed E-state index contributed by atoms with van der Waals surface area (Å²) in [5.74, 6) is -4.57. The summed E-state index contributed by atoms with van der Waals surface area (Å²) in [5, 5.41) is 33.5. The van der Waals surface area contributed by atoms with Gasteiger partial charge >= 0.3 is 6.18 Å². The highest BCUT2D eigenvalue weighted by molar-refractivity contribution is 6.31. The fourth-order valence-electron chi connectivity index (χ4n) is 5.39. The zero-order chi connectivity index (χ0) is 30.2. The number of benzene rings is 2. The molecule has 0 amide bonds. The van der Waals surface area contributed by atoms with Crippen LogP contribution in [0.3, 0.4) is 0 Å². The predicted molar refractivity (Wildman–Crippen MR) is 139 cm³/mol. The molecule has 10 nitrogen and oxygen atoms in total. The Kier molecular flexibility index (Phi) is 6.26. The number of aromatic nitrogens is 2. The number of Topliss-reactive ketones (excluding diaryl/α,β-unsaturated/α-hetero) is 2. The van der Waals surface area contributed by atoms with E-state index in [2.05, 4.69) is 10.3 Å². The second kappa shape index (κ2) is 9.20. The van der Waals surface area contributed by atoms with Crippen LogP contribution >= 0.6 is 0 Å². The number of carbonyl (C=O) groups is 3. The maximum atomic E-state index is 13.9. The van der Waals surface area contributed by atoms with Crippen molar-refractivity contribution in [3.63, 3.8) is 0 Å². The van der Waals surface area contributed by atoms with Gasteiger partial charge in [0.1, 0.15) is 34.0 Å². The lowest BCUT2D eigenvalue weighted by atomic mass is 9.70. The number of aliphatic hydroxyl groups excluding tert-OH is 1. The summed E-state index contributed by atoms with van der Waals surface area (Å²) in [6.45, 7) is 4.55. The molecule has 0 fully saturated rings. The lowest BCUT2D eigenvalue weighted by Crippen LogP contribution is -2.40. The van der Waals surface area contributed by atoms with Gasteiger partial charge in [0.15, 0.2) is 17.3 Å². The number of ketones is 3. The maximum absolute atomic E-state index is 13.9. The van der Waals surface area contributed by atoms with Crippen LogP contribution in [0.1, 0.15) is 48.1 Å². The van der Waals surface area contributed by atoms with Gasteiger partial charge in [-0.25, -0.2) is 4.98 Å². The molecule has 0 saturated carbocycles. The predicted octanol–water partition coefficient (Wildman–Crippen LogP) is 4.04. The van der Waals surface area contributed by atoms with E-state index >= 15 is 0 Å². The van der Waals surface area contributed by atoms with E-state index in [0.717, 1.165) is 10.6 Å². The van der Waals surface area contributed by atoms with E-state index in [1.807, 2.05) is 0 Å². The lowest BCUT2D eigenvalue weighted by molar-refractivity contribution is -0.147. The molecule has 5 rings (SSSR count). The Balaban J connectivity index is 1.60. The number of halogens is 3. The van der Waals surface area contributed by atoms with Gasteiger partial charge in [0.2, 0.25) is 5.82 Å². The lowest BCUT2D eigenvalue weighted by Gasteiger charge is -2.29. The highest BCUT2D eigenvalue weighted by atomic mass is 19.4. The fourth-order valence-corrected chi connectivity index (χ4v) is 5.39. The van der Waals surface area contributed by atoms with Gasteiger partial charge < -0.3 is 29.9 Å². The van der Waals surface area contributed by atoms with Crippen molar-refractivity contribution >= 4 is 34.1 Å². The third-order valence-electron chi connectivity index (χ3n) is 7.42. The number of phenolic OH excluding ortho intramolecular Hbond substituents is 2. The Hall–Kier alpha value is -4.65. The van der Waals surface area contributed by atoms with Crippen LogP contribution in [0.5, 0.6) is 17.2 Å². The average molecular weight is 572 g/mol. The summed E-state index contributed by atoms with van der Waals surface area (Å²) in [6, 6.07) is 4.12. The monoisotopic (exact) mass is 571 g/mol. The van der Waals surface area contributed by atoms with Crippen LogP contribution in [0.4, 0.5) is 18.9 Å². The summed E-state index contributed by atoms with van der Waals surface area (Å²) < 4.78 is 47.1. The van der Waals surface area contributed by atoms with E-state index in [9.17, 15) is 42.9 Å². The second-order valence-corrected chi connectivity index (χ2v) is 10.0. The van der Waals surface area contributed by atoms with Crippen LogP contribution in [0.15, 0.2) is 41.3 Å². The molecule has 0 spiro atoms. The molecule has 0 radical (unpaired) electrons. The van der Waals surface area contributed by atoms with Crippen LogP contribution in [-0.2, 0) is 27.7 Å². The number of allylic oxidation sites excluding steroid dienone is 4. The minimum absolute atomic E-state index is 0.0286. The summed E-state index contributed by atoms with van der Waals surface area (Å²) in [7, 11) is 0. The van der Waals surface area contributed by atoms with Crippen molar-refractivity contribution in [2.24, 2.45) is 0 Å². The molecule has 0 bridgehead atoms. The average Bonchev–Trinajstić information content (AvgIpc) is 3.38. The van der Waals surface area contributed by atoms with Gasteiger partial charge in [-0.3, -0.25) is 14.4 Å². The van der Waals surface area contributed by atoms with Crippen molar-refractivity contribution < 1.29 is 47.6 Å². The second-order valence-electron chi connectivity index (χ2n) is 10.0. The highest BCUT2D eigenvalue weighted by Crippen LogP contribution is 2.57. The number of hydrogen-bond donors (Lipinski definition) is 4. The number of ether oxygens (including phenoxy) is 1. The number of fused-ring (bicyclic) bond motifs is 4. The number of nitrogens with one attached hydrogen (secondary N) is 1. The first-order chi connectivity index (χ1) is 19.1. The van der Waals surface area contributed by atoms with Crippen molar-refractivity contribution in [2.45, 2.75) is 45.8 Å². The van der Waals surface area contributed by atoms with Crippen molar-refractivity contribution in [3.8, 4) is 17.2 Å². The minimum atomic E-state index is -4.76. The number of aliphatic hydroxyl groups is 1. The Morgan fingerprint density at radius 3 is 2.46 bits per heavy atom. The first-order valence-electron chi connectivity index (χ1n) is 12.4. The molecule has 1 aliphatic carbocycles. The number of anilines is 1. The molecule has 13 heteroatoms.